The van der Waals surface area contributed by atoms with Gasteiger partial charge in [-0.3, -0.25) is 9.69 Å². The molecular weight excluding hydrogens is 404 g/mol. The molecule has 0 aromatic heterocycles. The first-order valence-electron chi connectivity index (χ1n) is 11.9. The van der Waals surface area contributed by atoms with Crippen LogP contribution in [0.4, 0.5) is 10.5 Å². The molecule has 1 aromatic carbocycles. The number of amides is 3. The van der Waals surface area contributed by atoms with Crippen LogP contribution in [0.25, 0.3) is 0 Å². The van der Waals surface area contributed by atoms with E-state index in [1.807, 2.05) is 11.9 Å². The summed E-state index contributed by atoms with van der Waals surface area (Å²) in [6, 6.07) is 8.29. The highest BCUT2D eigenvalue weighted by Crippen LogP contribution is 2.43. The normalized spacial score (nSPS) is 26.8. The summed E-state index contributed by atoms with van der Waals surface area (Å²) >= 11 is 0. The molecule has 3 amide bonds. The zero-order valence-electron chi connectivity index (χ0n) is 20.0. The van der Waals surface area contributed by atoms with E-state index in [1.54, 1.807) is 0 Å². The molecule has 0 unspecified atom stereocenters. The van der Waals surface area contributed by atoms with Gasteiger partial charge in [0.2, 0.25) is 0 Å². The van der Waals surface area contributed by atoms with Crippen LogP contribution in [0.15, 0.2) is 24.3 Å². The molecule has 2 aliphatic heterocycles. The van der Waals surface area contributed by atoms with Gasteiger partial charge in [0.1, 0.15) is 5.54 Å². The summed E-state index contributed by atoms with van der Waals surface area (Å²) in [7, 11) is 1.96. The van der Waals surface area contributed by atoms with Crippen molar-refractivity contribution in [3.8, 4) is 0 Å². The number of rotatable bonds is 5. The van der Waals surface area contributed by atoms with Crippen LogP contribution in [0, 0.1) is 11.3 Å². The molecule has 0 radical (unpaired) electrons. The van der Waals surface area contributed by atoms with Gasteiger partial charge < -0.3 is 15.0 Å². The molecule has 176 valence electrons. The summed E-state index contributed by atoms with van der Waals surface area (Å²) < 4.78 is 5.43. The Morgan fingerprint density at radius 1 is 1.09 bits per heavy atom. The third-order valence-electron chi connectivity index (χ3n) is 7.46. The van der Waals surface area contributed by atoms with Gasteiger partial charge in [0.15, 0.2) is 0 Å². The fraction of sp³-hybridized carbons (Fsp3) is 0.680. The Bertz CT molecular complexity index is 819. The fourth-order valence-corrected chi connectivity index (χ4v) is 5.36. The predicted molar refractivity (Wildman–Crippen MR) is 125 cm³/mol. The molecule has 0 bridgehead atoms. The van der Waals surface area contributed by atoms with Gasteiger partial charge in [-0.2, -0.15) is 0 Å². The maximum Gasteiger partial charge on any atom is 0.326 e. The summed E-state index contributed by atoms with van der Waals surface area (Å²) in [5, 5.41) is 3.05. The van der Waals surface area contributed by atoms with Crippen LogP contribution < -0.4 is 10.2 Å². The highest BCUT2D eigenvalue weighted by atomic mass is 16.5. The first-order valence-corrected chi connectivity index (χ1v) is 11.9. The number of ether oxygens (including phenoxy) is 1. The van der Waals surface area contributed by atoms with Crippen LogP contribution in [0.1, 0.15) is 52.0 Å². The van der Waals surface area contributed by atoms with E-state index in [4.69, 9.17) is 4.74 Å². The molecule has 7 nitrogen and oxygen atoms in total. The second-order valence-corrected chi connectivity index (χ2v) is 10.8. The smallest absolute Gasteiger partial charge is 0.326 e. The van der Waals surface area contributed by atoms with Gasteiger partial charge in [-0.1, -0.05) is 32.9 Å². The monoisotopic (exact) mass is 442 g/mol. The van der Waals surface area contributed by atoms with Crippen LogP contribution in [-0.4, -0.2) is 67.3 Å². The lowest BCUT2D eigenvalue weighted by molar-refractivity contribution is -0.134. The molecule has 3 fully saturated rings. The molecule has 1 aliphatic carbocycles. The Morgan fingerprint density at radius 3 is 2.31 bits per heavy atom. The highest BCUT2D eigenvalue weighted by Gasteiger charge is 2.53. The van der Waals surface area contributed by atoms with E-state index in [1.165, 1.54) is 10.6 Å². The average Bonchev–Trinajstić information content (AvgIpc) is 2.98. The van der Waals surface area contributed by atoms with Crippen molar-refractivity contribution in [3.63, 3.8) is 0 Å². The van der Waals surface area contributed by atoms with Crippen molar-refractivity contribution in [2.24, 2.45) is 11.3 Å². The Kier molecular flexibility index (Phi) is 6.50. The third-order valence-corrected chi connectivity index (χ3v) is 7.46. The van der Waals surface area contributed by atoms with Crippen molar-refractivity contribution < 1.29 is 14.3 Å². The Labute approximate surface area is 192 Å². The lowest BCUT2D eigenvalue weighted by Gasteiger charge is -2.40. The third kappa shape index (κ3) is 4.79. The zero-order chi connectivity index (χ0) is 22.9. The summed E-state index contributed by atoms with van der Waals surface area (Å²) in [4.78, 5) is 31.7. The number of morpholine rings is 1. The molecule has 4 rings (SSSR count). The van der Waals surface area contributed by atoms with Crippen LogP contribution >= 0.6 is 0 Å². The molecule has 1 aromatic rings. The van der Waals surface area contributed by atoms with E-state index in [9.17, 15) is 9.59 Å². The molecular formula is C25H38N4O3. The number of anilines is 1. The van der Waals surface area contributed by atoms with E-state index in [2.05, 4.69) is 55.3 Å². The molecule has 0 atom stereocenters. The van der Waals surface area contributed by atoms with Gasteiger partial charge in [0.05, 0.1) is 19.9 Å². The molecule has 3 aliphatic rings. The van der Waals surface area contributed by atoms with Crippen LogP contribution in [0.3, 0.4) is 0 Å². The minimum Gasteiger partial charge on any atom is -0.378 e. The fourth-order valence-electron chi connectivity index (χ4n) is 5.36. The van der Waals surface area contributed by atoms with E-state index in [0.717, 1.165) is 57.6 Å². The zero-order valence-corrected chi connectivity index (χ0v) is 20.0. The maximum atomic E-state index is 13.3. The van der Waals surface area contributed by atoms with Gasteiger partial charge in [-0.25, -0.2) is 9.69 Å². The summed E-state index contributed by atoms with van der Waals surface area (Å²) in [6.07, 6.45) is 3.44. The number of hydrogen-bond donors (Lipinski definition) is 1. The van der Waals surface area contributed by atoms with Gasteiger partial charge in [0.25, 0.3) is 5.91 Å². The molecule has 7 heteroatoms. The Hall–Kier alpha value is -2.12. The van der Waals surface area contributed by atoms with Crippen molar-refractivity contribution >= 4 is 17.6 Å². The van der Waals surface area contributed by atoms with Crippen molar-refractivity contribution in [1.29, 1.82) is 0 Å². The lowest BCUT2D eigenvalue weighted by Crippen LogP contribution is -2.51. The second kappa shape index (κ2) is 9.02. The van der Waals surface area contributed by atoms with E-state index in [-0.39, 0.29) is 17.4 Å². The average molecular weight is 443 g/mol. The van der Waals surface area contributed by atoms with E-state index in [0.29, 0.717) is 19.1 Å². The molecule has 2 saturated heterocycles. The maximum absolute atomic E-state index is 13.3. The first-order chi connectivity index (χ1) is 15.2. The quantitative estimate of drug-likeness (QED) is 0.708. The summed E-state index contributed by atoms with van der Waals surface area (Å²) in [6.45, 7) is 11.2. The number of nitrogens with one attached hydrogen (secondary N) is 1. The van der Waals surface area contributed by atoms with Crippen LogP contribution in [-0.2, 0) is 16.1 Å². The number of carbonyl (C=O) groups excluding carboxylic acids is 2. The van der Waals surface area contributed by atoms with Crippen molar-refractivity contribution in [2.75, 3.05) is 44.9 Å². The number of urea groups is 1. The molecule has 1 saturated carbocycles. The van der Waals surface area contributed by atoms with Gasteiger partial charge >= 0.3 is 6.03 Å². The molecule has 32 heavy (non-hydrogen) atoms. The summed E-state index contributed by atoms with van der Waals surface area (Å²) in [5.74, 6) is 0.541. The minimum atomic E-state index is -0.695. The minimum absolute atomic E-state index is 0.0515. The van der Waals surface area contributed by atoms with Gasteiger partial charge in [0, 0.05) is 25.3 Å². The Balaban J connectivity index is 1.33. The van der Waals surface area contributed by atoms with Crippen molar-refractivity contribution in [2.45, 2.75) is 58.5 Å². The number of benzene rings is 1. The Morgan fingerprint density at radius 2 is 1.72 bits per heavy atom. The lowest BCUT2D eigenvalue weighted by atomic mass is 9.67. The van der Waals surface area contributed by atoms with Crippen molar-refractivity contribution in [1.82, 2.24) is 15.1 Å². The predicted octanol–water partition coefficient (Wildman–Crippen LogP) is 3.44. The number of hydrogen-bond acceptors (Lipinski definition) is 5. The second-order valence-electron chi connectivity index (χ2n) is 10.8. The topological polar surface area (TPSA) is 65.1 Å². The van der Waals surface area contributed by atoms with Gasteiger partial charge in [-0.15, -0.1) is 0 Å². The SMILES string of the molecule is CN(Cc1ccc(N2CCOCC2)cc1)CN1C(=O)NC2(CCC(C(C)(C)C)CC2)C1=O. The summed E-state index contributed by atoms with van der Waals surface area (Å²) in [5.41, 5.74) is 1.92. The number of nitrogens with zero attached hydrogens (tertiary/aromatic N) is 3. The largest absolute Gasteiger partial charge is 0.378 e. The standard InChI is InChI=1S/C25H38N4O3/c1-24(2,3)20-9-11-25(12-10-20)22(30)29(23(31)26-25)18-27(4)17-19-5-7-21(8-6-19)28-13-15-32-16-14-28/h5-8,20H,9-18H2,1-4H3,(H,26,31). The van der Waals surface area contributed by atoms with E-state index >= 15 is 0 Å². The van der Waals surface area contributed by atoms with Crippen LogP contribution in [0.5, 0.6) is 0 Å². The van der Waals surface area contributed by atoms with E-state index < -0.39 is 5.54 Å². The van der Waals surface area contributed by atoms with Crippen LogP contribution in [0.2, 0.25) is 0 Å². The van der Waals surface area contributed by atoms with Gasteiger partial charge in [-0.05, 0) is 61.8 Å². The highest BCUT2D eigenvalue weighted by molar-refractivity contribution is 6.07. The molecule has 1 spiro atoms. The molecule has 2 heterocycles. The van der Waals surface area contributed by atoms with Crippen molar-refractivity contribution in [3.05, 3.63) is 29.8 Å². The number of imide groups is 1. The molecule has 1 N–H and O–H groups in total. The number of carbonyl (C=O) groups is 2. The first kappa shape index (κ1) is 23.1.